The number of aliphatic imine (C=N–C) groups is 1. The zero-order chi connectivity index (χ0) is 19.5. The monoisotopic (exact) mass is 505 g/mol. The summed E-state index contributed by atoms with van der Waals surface area (Å²) in [6.45, 7) is 4.80. The molecule has 0 aliphatic heterocycles. The Balaban J connectivity index is 0.00000392. The van der Waals surface area contributed by atoms with Crippen LogP contribution in [0.4, 0.5) is 0 Å². The number of nitrogens with one attached hydrogen (secondary N) is 2. The van der Waals surface area contributed by atoms with Gasteiger partial charge in [0.05, 0.1) is 13.2 Å². The molecule has 7 heteroatoms. The van der Waals surface area contributed by atoms with Crippen LogP contribution in [-0.2, 0) is 4.74 Å². The number of hydrogen-bond donors (Lipinski definition) is 3. The molecule has 0 heterocycles. The lowest BCUT2D eigenvalue weighted by Crippen LogP contribution is -2.40. The number of guanidine groups is 1. The Morgan fingerprint density at radius 2 is 2.00 bits per heavy atom. The van der Waals surface area contributed by atoms with E-state index in [1.165, 1.54) is 25.7 Å². The molecular formula is C21H36IN3O3. The van der Waals surface area contributed by atoms with Gasteiger partial charge in [-0.1, -0.05) is 25.0 Å². The third-order valence-corrected chi connectivity index (χ3v) is 5.36. The Labute approximate surface area is 186 Å². The number of hydrogen-bond acceptors (Lipinski definition) is 4. The molecule has 1 saturated carbocycles. The zero-order valence-corrected chi connectivity index (χ0v) is 19.7. The first-order valence-corrected chi connectivity index (χ1v) is 9.95. The molecule has 160 valence electrons. The minimum absolute atomic E-state index is 0. The van der Waals surface area contributed by atoms with Crippen LogP contribution in [0.1, 0.15) is 50.7 Å². The van der Waals surface area contributed by atoms with Crippen LogP contribution in [0.2, 0.25) is 0 Å². The van der Waals surface area contributed by atoms with Crippen molar-refractivity contribution in [2.45, 2.75) is 45.1 Å². The topological polar surface area (TPSA) is 75.1 Å². The van der Waals surface area contributed by atoms with Gasteiger partial charge in [-0.05, 0) is 49.3 Å². The Morgan fingerprint density at radius 3 is 2.64 bits per heavy atom. The van der Waals surface area contributed by atoms with Gasteiger partial charge in [-0.25, -0.2) is 0 Å². The van der Waals surface area contributed by atoms with Gasteiger partial charge in [0.2, 0.25) is 0 Å². The van der Waals surface area contributed by atoms with Gasteiger partial charge in [0.1, 0.15) is 5.75 Å². The van der Waals surface area contributed by atoms with E-state index in [2.05, 4.69) is 10.6 Å². The predicted molar refractivity (Wildman–Crippen MR) is 125 cm³/mol. The second-order valence-electron chi connectivity index (χ2n) is 7.32. The molecule has 1 fully saturated rings. The van der Waals surface area contributed by atoms with Crippen molar-refractivity contribution in [2.24, 2.45) is 10.4 Å². The van der Waals surface area contributed by atoms with Crippen LogP contribution in [-0.4, -0.2) is 51.5 Å². The van der Waals surface area contributed by atoms with Gasteiger partial charge < -0.3 is 25.2 Å². The number of aliphatic hydroxyl groups is 1. The van der Waals surface area contributed by atoms with Gasteiger partial charge in [0.15, 0.2) is 5.96 Å². The molecule has 2 rings (SSSR count). The zero-order valence-electron chi connectivity index (χ0n) is 17.4. The van der Waals surface area contributed by atoms with Crippen molar-refractivity contribution in [2.75, 3.05) is 40.5 Å². The van der Waals surface area contributed by atoms with E-state index in [9.17, 15) is 5.11 Å². The molecule has 0 spiro atoms. The third-order valence-electron chi connectivity index (χ3n) is 5.36. The standard InChI is InChI=1S/C21H35N3O3.HI/c1-4-22-20(24-16-21(12-13-26-2)10-5-6-11-21)23-15-19(25)17-8-7-9-18(14-17)27-3;/h7-9,14,19,25H,4-6,10-13,15-16H2,1-3H3,(H2,22,23,24);1H. The molecule has 1 atom stereocenters. The first kappa shape index (κ1) is 25.0. The Kier molecular flexibility index (Phi) is 11.8. The quantitative estimate of drug-likeness (QED) is 0.258. The number of benzene rings is 1. The van der Waals surface area contributed by atoms with Crippen molar-refractivity contribution in [3.05, 3.63) is 29.8 Å². The van der Waals surface area contributed by atoms with Crippen molar-refractivity contribution < 1.29 is 14.6 Å². The molecule has 3 N–H and O–H groups in total. The summed E-state index contributed by atoms with van der Waals surface area (Å²) in [5.74, 6) is 1.50. The van der Waals surface area contributed by atoms with Crippen molar-refractivity contribution in [1.82, 2.24) is 10.6 Å². The van der Waals surface area contributed by atoms with E-state index in [-0.39, 0.29) is 29.4 Å². The molecule has 0 radical (unpaired) electrons. The highest BCUT2D eigenvalue weighted by molar-refractivity contribution is 14.0. The summed E-state index contributed by atoms with van der Waals surface area (Å²) >= 11 is 0. The average Bonchev–Trinajstić information content (AvgIpc) is 3.17. The summed E-state index contributed by atoms with van der Waals surface area (Å²) in [4.78, 5) is 4.82. The highest BCUT2D eigenvalue weighted by atomic mass is 127. The summed E-state index contributed by atoms with van der Waals surface area (Å²) in [6.07, 6.45) is 5.41. The lowest BCUT2D eigenvalue weighted by molar-refractivity contribution is 0.141. The number of nitrogens with zero attached hydrogens (tertiary/aromatic N) is 1. The highest BCUT2D eigenvalue weighted by Crippen LogP contribution is 2.41. The van der Waals surface area contributed by atoms with E-state index < -0.39 is 6.10 Å². The molecule has 1 aliphatic rings. The smallest absolute Gasteiger partial charge is 0.191 e. The van der Waals surface area contributed by atoms with E-state index in [0.29, 0.717) is 6.54 Å². The van der Waals surface area contributed by atoms with Crippen molar-refractivity contribution >= 4 is 29.9 Å². The van der Waals surface area contributed by atoms with Crippen LogP contribution in [0.25, 0.3) is 0 Å². The fraction of sp³-hybridized carbons (Fsp3) is 0.667. The van der Waals surface area contributed by atoms with E-state index >= 15 is 0 Å². The summed E-state index contributed by atoms with van der Waals surface area (Å²) in [5, 5.41) is 17.0. The van der Waals surface area contributed by atoms with Crippen LogP contribution in [0.15, 0.2) is 29.3 Å². The Bertz CT molecular complexity index is 592. The van der Waals surface area contributed by atoms with E-state index in [1.54, 1.807) is 14.2 Å². The second-order valence-corrected chi connectivity index (χ2v) is 7.32. The first-order chi connectivity index (χ1) is 13.1. The molecule has 6 nitrogen and oxygen atoms in total. The van der Waals surface area contributed by atoms with Crippen LogP contribution in [0.3, 0.4) is 0 Å². The Morgan fingerprint density at radius 1 is 1.25 bits per heavy atom. The minimum Gasteiger partial charge on any atom is -0.497 e. The molecule has 0 saturated heterocycles. The maximum Gasteiger partial charge on any atom is 0.191 e. The number of halogens is 1. The molecule has 1 aliphatic carbocycles. The predicted octanol–water partition coefficient (Wildman–Crippen LogP) is 3.50. The van der Waals surface area contributed by atoms with E-state index in [0.717, 1.165) is 43.4 Å². The number of rotatable bonds is 10. The van der Waals surface area contributed by atoms with Gasteiger partial charge in [-0.15, -0.1) is 24.0 Å². The fourth-order valence-corrected chi connectivity index (χ4v) is 3.68. The average molecular weight is 505 g/mol. The lowest BCUT2D eigenvalue weighted by atomic mass is 9.83. The Hall–Kier alpha value is -1.06. The summed E-state index contributed by atoms with van der Waals surface area (Å²) in [6, 6.07) is 7.51. The summed E-state index contributed by atoms with van der Waals surface area (Å²) in [5.41, 5.74) is 1.08. The summed E-state index contributed by atoms with van der Waals surface area (Å²) < 4.78 is 10.5. The number of methoxy groups -OCH3 is 2. The molecule has 0 bridgehead atoms. The maximum atomic E-state index is 10.5. The molecule has 1 unspecified atom stereocenters. The molecule has 0 amide bonds. The number of aliphatic hydroxyl groups excluding tert-OH is 1. The van der Waals surface area contributed by atoms with Crippen molar-refractivity contribution in [3.63, 3.8) is 0 Å². The molecule has 0 aromatic heterocycles. The maximum absolute atomic E-state index is 10.5. The van der Waals surface area contributed by atoms with Gasteiger partial charge in [-0.2, -0.15) is 0 Å². The fourth-order valence-electron chi connectivity index (χ4n) is 3.68. The third kappa shape index (κ3) is 7.75. The van der Waals surface area contributed by atoms with Gasteiger partial charge in [0.25, 0.3) is 0 Å². The van der Waals surface area contributed by atoms with Crippen molar-refractivity contribution in [3.8, 4) is 5.75 Å². The highest BCUT2D eigenvalue weighted by Gasteiger charge is 2.33. The second kappa shape index (κ2) is 13.2. The molecular weight excluding hydrogens is 469 g/mol. The van der Waals surface area contributed by atoms with Gasteiger partial charge >= 0.3 is 0 Å². The first-order valence-electron chi connectivity index (χ1n) is 9.95. The van der Waals surface area contributed by atoms with Crippen LogP contribution in [0, 0.1) is 5.41 Å². The van der Waals surface area contributed by atoms with Crippen LogP contribution < -0.4 is 15.4 Å². The van der Waals surface area contributed by atoms with E-state index in [4.69, 9.17) is 14.5 Å². The van der Waals surface area contributed by atoms with Gasteiger partial charge in [-0.3, -0.25) is 4.99 Å². The molecule has 1 aromatic carbocycles. The largest absolute Gasteiger partial charge is 0.497 e. The summed E-state index contributed by atoms with van der Waals surface area (Å²) in [7, 11) is 3.39. The van der Waals surface area contributed by atoms with E-state index in [1.807, 2.05) is 31.2 Å². The van der Waals surface area contributed by atoms with Gasteiger partial charge in [0, 0.05) is 33.4 Å². The van der Waals surface area contributed by atoms with Crippen LogP contribution >= 0.6 is 24.0 Å². The normalized spacial score (nSPS) is 16.9. The molecule has 1 aromatic rings. The SMILES string of the molecule is CCNC(=NCC1(CCOC)CCCC1)NCC(O)c1cccc(OC)c1.I. The number of ether oxygens (including phenoxy) is 2. The minimum atomic E-state index is -0.627. The van der Waals surface area contributed by atoms with Crippen LogP contribution in [0.5, 0.6) is 5.75 Å². The lowest BCUT2D eigenvalue weighted by Gasteiger charge is -2.27. The molecule has 28 heavy (non-hydrogen) atoms. The van der Waals surface area contributed by atoms with Crippen molar-refractivity contribution in [1.29, 1.82) is 0 Å².